The zero-order valence-corrected chi connectivity index (χ0v) is 20.8. The molecule has 1 atom stereocenters. The summed E-state index contributed by atoms with van der Waals surface area (Å²) in [4.78, 5) is 35.3. The van der Waals surface area contributed by atoms with Gasteiger partial charge < -0.3 is 25.6 Å². The number of rotatable bonds is 8. The van der Waals surface area contributed by atoms with E-state index in [0.717, 1.165) is 48.9 Å². The minimum absolute atomic E-state index is 0.0463. The van der Waals surface area contributed by atoms with Crippen LogP contribution in [-0.2, 0) is 16.0 Å². The van der Waals surface area contributed by atoms with E-state index < -0.39 is 0 Å². The number of nitrogens with one attached hydrogen (secondary N) is 1. The van der Waals surface area contributed by atoms with E-state index >= 15 is 0 Å². The standard InChI is InChI=1S/C28H32N6O3/c29-22-7-12-26(30-18-22)33-16-14-32(15-17-33)23-8-10-24(11-9-23)34-20-25(37-28(34)36)19-31-27(35)13-6-21-4-2-1-3-5-21/h1-5,7-12,18,25H,6,13-17,19-20,29H2,(H,31,35)/t25-/m0/s1. The van der Waals surface area contributed by atoms with Gasteiger partial charge in [0, 0.05) is 44.0 Å². The number of pyridine rings is 1. The van der Waals surface area contributed by atoms with Gasteiger partial charge in [0.25, 0.3) is 0 Å². The van der Waals surface area contributed by atoms with Crippen molar-refractivity contribution >= 4 is 34.9 Å². The molecule has 37 heavy (non-hydrogen) atoms. The molecular formula is C28H32N6O3. The molecule has 0 unspecified atom stereocenters. The van der Waals surface area contributed by atoms with E-state index in [2.05, 4.69) is 20.1 Å². The summed E-state index contributed by atoms with van der Waals surface area (Å²) in [6.45, 7) is 4.21. The molecule has 3 N–H and O–H groups in total. The molecule has 2 saturated heterocycles. The fourth-order valence-corrected chi connectivity index (χ4v) is 4.68. The van der Waals surface area contributed by atoms with Crippen molar-refractivity contribution < 1.29 is 14.3 Å². The van der Waals surface area contributed by atoms with Crippen molar-refractivity contribution in [3.8, 4) is 0 Å². The number of nitrogen functional groups attached to an aromatic ring is 1. The van der Waals surface area contributed by atoms with Gasteiger partial charge in [-0.1, -0.05) is 30.3 Å². The van der Waals surface area contributed by atoms with Crippen LogP contribution < -0.4 is 25.8 Å². The number of aryl methyl sites for hydroxylation is 1. The average Bonchev–Trinajstić information content (AvgIpc) is 3.32. The SMILES string of the molecule is Nc1ccc(N2CCN(c3ccc(N4C[C@H](CNC(=O)CCc5ccccc5)OC4=O)cc3)CC2)nc1. The fourth-order valence-electron chi connectivity index (χ4n) is 4.68. The highest BCUT2D eigenvalue weighted by Crippen LogP contribution is 2.26. The number of carbonyl (C=O) groups is 2. The Hall–Kier alpha value is -4.27. The van der Waals surface area contributed by atoms with Crippen LogP contribution in [0, 0.1) is 0 Å². The number of anilines is 4. The molecule has 2 aliphatic rings. The number of carbonyl (C=O) groups excluding carboxylic acids is 2. The molecule has 2 fully saturated rings. The lowest BCUT2D eigenvalue weighted by molar-refractivity contribution is -0.121. The molecule has 0 bridgehead atoms. The molecule has 9 nitrogen and oxygen atoms in total. The summed E-state index contributed by atoms with van der Waals surface area (Å²) in [6, 6.07) is 21.7. The maximum Gasteiger partial charge on any atom is 0.414 e. The van der Waals surface area contributed by atoms with E-state index in [0.29, 0.717) is 31.6 Å². The topological polar surface area (TPSA) is 104 Å². The van der Waals surface area contributed by atoms with Crippen molar-refractivity contribution in [1.82, 2.24) is 10.3 Å². The summed E-state index contributed by atoms with van der Waals surface area (Å²) in [5.41, 5.74) is 9.44. The maximum atomic E-state index is 12.5. The van der Waals surface area contributed by atoms with Crippen LogP contribution in [0.4, 0.5) is 27.7 Å². The minimum atomic E-state index is -0.388. The quantitative estimate of drug-likeness (QED) is 0.490. The number of cyclic esters (lactones) is 1. The molecule has 2 aliphatic heterocycles. The molecule has 5 rings (SSSR count). The Balaban J connectivity index is 1.08. The predicted molar refractivity (Wildman–Crippen MR) is 145 cm³/mol. The summed E-state index contributed by atoms with van der Waals surface area (Å²) >= 11 is 0. The smallest absolute Gasteiger partial charge is 0.414 e. The molecule has 0 aliphatic carbocycles. The first kappa shape index (κ1) is 24.4. The Morgan fingerprint density at radius 3 is 2.35 bits per heavy atom. The average molecular weight is 501 g/mol. The van der Waals surface area contributed by atoms with Crippen LogP contribution in [0.3, 0.4) is 0 Å². The third kappa shape index (κ3) is 6.11. The number of hydrogen-bond donors (Lipinski definition) is 2. The Labute approximate surface area is 216 Å². The second kappa shape index (κ2) is 11.2. The lowest BCUT2D eigenvalue weighted by Gasteiger charge is -2.36. The van der Waals surface area contributed by atoms with Crippen LogP contribution in [0.15, 0.2) is 72.9 Å². The van der Waals surface area contributed by atoms with Gasteiger partial charge in [-0.15, -0.1) is 0 Å². The van der Waals surface area contributed by atoms with Crippen molar-refractivity contribution in [3.63, 3.8) is 0 Å². The van der Waals surface area contributed by atoms with Crippen LogP contribution in [-0.4, -0.2) is 62.4 Å². The van der Waals surface area contributed by atoms with E-state index in [1.807, 2.05) is 66.7 Å². The Morgan fingerprint density at radius 2 is 1.65 bits per heavy atom. The molecule has 9 heteroatoms. The van der Waals surface area contributed by atoms with Gasteiger partial charge in [0.15, 0.2) is 0 Å². The third-order valence-corrected chi connectivity index (χ3v) is 6.79. The predicted octanol–water partition coefficient (Wildman–Crippen LogP) is 3.06. The molecule has 0 radical (unpaired) electrons. The van der Waals surface area contributed by atoms with Crippen LogP contribution in [0.25, 0.3) is 0 Å². The summed E-state index contributed by atoms with van der Waals surface area (Å²) in [7, 11) is 0. The van der Waals surface area contributed by atoms with E-state index in [9.17, 15) is 9.59 Å². The van der Waals surface area contributed by atoms with Crippen molar-refractivity contribution in [2.75, 3.05) is 59.7 Å². The fraction of sp³-hybridized carbons (Fsp3) is 0.321. The van der Waals surface area contributed by atoms with Crippen LogP contribution in [0.2, 0.25) is 0 Å². The van der Waals surface area contributed by atoms with Gasteiger partial charge in [-0.3, -0.25) is 9.69 Å². The molecule has 192 valence electrons. The van der Waals surface area contributed by atoms with E-state index in [1.54, 1.807) is 11.1 Å². The van der Waals surface area contributed by atoms with Crippen LogP contribution in [0.1, 0.15) is 12.0 Å². The monoisotopic (exact) mass is 500 g/mol. The van der Waals surface area contributed by atoms with Gasteiger partial charge in [0.05, 0.1) is 25.0 Å². The van der Waals surface area contributed by atoms with Gasteiger partial charge in [0.2, 0.25) is 5.91 Å². The number of nitrogens with two attached hydrogens (primary N) is 1. The highest BCUT2D eigenvalue weighted by molar-refractivity contribution is 5.90. The summed E-state index contributed by atoms with van der Waals surface area (Å²) in [5, 5.41) is 2.89. The Bertz CT molecular complexity index is 1190. The summed E-state index contributed by atoms with van der Waals surface area (Å²) in [6.07, 6.45) is 2.02. The summed E-state index contributed by atoms with van der Waals surface area (Å²) in [5.74, 6) is 0.897. The number of benzene rings is 2. The normalized spacial score (nSPS) is 17.6. The van der Waals surface area contributed by atoms with E-state index in [4.69, 9.17) is 10.5 Å². The number of piperazine rings is 1. The molecule has 0 spiro atoms. The lowest BCUT2D eigenvalue weighted by Crippen LogP contribution is -2.46. The third-order valence-electron chi connectivity index (χ3n) is 6.79. The molecule has 0 saturated carbocycles. The maximum absolute atomic E-state index is 12.5. The van der Waals surface area contributed by atoms with Gasteiger partial charge in [-0.25, -0.2) is 9.78 Å². The molecule has 2 amide bonds. The second-order valence-corrected chi connectivity index (χ2v) is 9.35. The molecule has 3 aromatic rings. The van der Waals surface area contributed by atoms with Crippen molar-refractivity contribution in [2.45, 2.75) is 18.9 Å². The summed E-state index contributed by atoms with van der Waals surface area (Å²) < 4.78 is 5.49. The number of nitrogens with zero attached hydrogens (tertiary/aromatic N) is 4. The second-order valence-electron chi connectivity index (χ2n) is 9.35. The first-order valence-electron chi connectivity index (χ1n) is 12.7. The number of hydrogen-bond acceptors (Lipinski definition) is 7. The molecular weight excluding hydrogens is 468 g/mol. The number of aromatic nitrogens is 1. The van der Waals surface area contributed by atoms with Gasteiger partial charge in [0.1, 0.15) is 11.9 Å². The highest BCUT2D eigenvalue weighted by Gasteiger charge is 2.32. The largest absolute Gasteiger partial charge is 0.442 e. The van der Waals surface area contributed by atoms with Gasteiger partial charge >= 0.3 is 6.09 Å². The zero-order valence-electron chi connectivity index (χ0n) is 20.8. The first-order valence-corrected chi connectivity index (χ1v) is 12.7. The first-order chi connectivity index (χ1) is 18.0. The van der Waals surface area contributed by atoms with Crippen molar-refractivity contribution in [3.05, 3.63) is 78.5 Å². The molecule has 3 heterocycles. The van der Waals surface area contributed by atoms with Crippen LogP contribution in [0.5, 0.6) is 0 Å². The number of amides is 2. The molecule has 1 aromatic heterocycles. The number of ether oxygens (including phenoxy) is 1. The van der Waals surface area contributed by atoms with E-state index in [-0.39, 0.29) is 18.1 Å². The molecule has 2 aromatic carbocycles. The Kier molecular flexibility index (Phi) is 7.39. The lowest BCUT2D eigenvalue weighted by atomic mass is 10.1. The van der Waals surface area contributed by atoms with Gasteiger partial charge in [-0.05, 0) is 48.4 Å². The Morgan fingerprint density at radius 1 is 0.946 bits per heavy atom. The minimum Gasteiger partial charge on any atom is -0.442 e. The van der Waals surface area contributed by atoms with Crippen molar-refractivity contribution in [1.29, 1.82) is 0 Å². The van der Waals surface area contributed by atoms with Crippen LogP contribution >= 0.6 is 0 Å². The highest BCUT2D eigenvalue weighted by atomic mass is 16.6. The van der Waals surface area contributed by atoms with E-state index in [1.165, 1.54) is 0 Å². The van der Waals surface area contributed by atoms with Gasteiger partial charge in [-0.2, -0.15) is 0 Å². The zero-order chi connectivity index (χ0) is 25.6. The van der Waals surface area contributed by atoms with Crippen molar-refractivity contribution in [2.24, 2.45) is 0 Å².